The average molecular weight is 378 g/mol. The number of carbonyl (C=O) groups excluding carboxylic acids is 1. The molecule has 0 aromatic heterocycles. The van der Waals surface area contributed by atoms with E-state index in [2.05, 4.69) is 21.2 Å². The van der Waals surface area contributed by atoms with E-state index >= 15 is 0 Å². The lowest BCUT2D eigenvalue weighted by atomic mass is 9.49. The maximum atomic E-state index is 13.2. The Morgan fingerprint density at radius 1 is 1.26 bits per heavy atom. The second-order valence-electron chi connectivity index (χ2n) is 7.78. The Morgan fingerprint density at radius 3 is 2.61 bits per heavy atom. The molecule has 1 aromatic rings. The van der Waals surface area contributed by atoms with Crippen LogP contribution in [0.2, 0.25) is 0 Å². The van der Waals surface area contributed by atoms with E-state index in [0.29, 0.717) is 18.4 Å². The van der Waals surface area contributed by atoms with Crippen LogP contribution in [0.25, 0.3) is 0 Å². The maximum Gasteiger partial charge on any atom is 0.230 e. The summed E-state index contributed by atoms with van der Waals surface area (Å²) in [4.78, 5) is 13.2. The van der Waals surface area contributed by atoms with Gasteiger partial charge in [0.05, 0.1) is 17.7 Å². The summed E-state index contributed by atoms with van der Waals surface area (Å²) in [6.45, 7) is 2.57. The monoisotopic (exact) mass is 377 g/mol. The van der Waals surface area contributed by atoms with Gasteiger partial charge in [0.25, 0.3) is 0 Å². The second kappa shape index (κ2) is 5.51. The molecule has 1 amide bonds. The predicted molar refractivity (Wildman–Crippen MR) is 95.0 cm³/mol. The third-order valence-corrected chi connectivity index (χ3v) is 6.83. The Bertz CT molecular complexity index is 616. The molecule has 0 saturated heterocycles. The van der Waals surface area contributed by atoms with Gasteiger partial charge < -0.3 is 10.1 Å². The molecule has 124 valence electrons. The fraction of sp³-hybridized carbons (Fsp3) is 0.632. The first-order valence-electron chi connectivity index (χ1n) is 8.74. The summed E-state index contributed by atoms with van der Waals surface area (Å²) in [6, 6.07) is 7.75. The number of ether oxygens (including phenoxy) is 1. The minimum Gasteiger partial charge on any atom is -0.492 e. The molecule has 23 heavy (non-hydrogen) atoms. The van der Waals surface area contributed by atoms with E-state index in [-0.39, 0.29) is 15.6 Å². The smallest absolute Gasteiger partial charge is 0.230 e. The maximum absolute atomic E-state index is 13.2. The van der Waals surface area contributed by atoms with Crippen LogP contribution < -0.4 is 10.1 Å². The fourth-order valence-electron chi connectivity index (χ4n) is 5.52. The molecule has 4 saturated carbocycles. The molecule has 0 heterocycles. The minimum atomic E-state index is -0.188. The number of alkyl halides is 1. The van der Waals surface area contributed by atoms with Crippen LogP contribution in [-0.2, 0) is 4.79 Å². The fourth-order valence-corrected chi connectivity index (χ4v) is 6.97. The Balaban J connectivity index is 1.58. The van der Waals surface area contributed by atoms with Gasteiger partial charge in [-0.1, -0.05) is 28.1 Å². The highest BCUT2D eigenvalue weighted by molar-refractivity contribution is 9.10. The van der Waals surface area contributed by atoms with Crippen molar-refractivity contribution in [1.29, 1.82) is 0 Å². The molecule has 0 aliphatic heterocycles. The van der Waals surface area contributed by atoms with Crippen molar-refractivity contribution in [2.45, 2.75) is 49.8 Å². The van der Waals surface area contributed by atoms with Crippen molar-refractivity contribution in [2.24, 2.45) is 17.3 Å². The lowest BCUT2D eigenvalue weighted by Crippen LogP contribution is -2.57. The van der Waals surface area contributed by atoms with Crippen molar-refractivity contribution in [1.82, 2.24) is 0 Å². The topological polar surface area (TPSA) is 38.3 Å². The van der Waals surface area contributed by atoms with Gasteiger partial charge in [-0.05, 0) is 69.4 Å². The number of carbonyl (C=O) groups is 1. The van der Waals surface area contributed by atoms with Crippen molar-refractivity contribution in [2.75, 3.05) is 11.9 Å². The van der Waals surface area contributed by atoms with Crippen LogP contribution in [0.5, 0.6) is 5.75 Å². The van der Waals surface area contributed by atoms with Crippen molar-refractivity contribution in [3.8, 4) is 5.75 Å². The quantitative estimate of drug-likeness (QED) is 0.768. The number of rotatable bonds is 4. The Kier molecular flexibility index (Phi) is 3.71. The van der Waals surface area contributed by atoms with Gasteiger partial charge in [0.15, 0.2) is 0 Å². The normalized spacial score (nSPS) is 37.7. The summed E-state index contributed by atoms with van der Waals surface area (Å²) in [6.07, 6.45) is 6.90. The summed E-state index contributed by atoms with van der Waals surface area (Å²) in [5.41, 5.74) is 0.617. The number of amides is 1. The third-order valence-electron chi connectivity index (χ3n) is 5.91. The molecule has 0 unspecified atom stereocenters. The molecule has 2 atom stereocenters. The van der Waals surface area contributed by atoms with E-state index in [4.69, 9.17) is 4.74 Å². The predicted octanol–water partition coefficient (Wildman–Crippen LogP) is 4.76. The Morgan fingerprint density at radius 2 is 1.96 bits per heavy atom. The van der Waals surface area contributed by atoms with E-state index in [0.717, 1.165) is 30.7 Å². The third kappa shape index (κ3) is 2.69. The first-order valence-corrected chi connectivity index (χ1v) is 9.53. The van der Waals surface area contributed by atoms with Gasteiger partial charge in [0, 0.05) is 4.32 Å². The van der Waals surface area contributed by atoms with E-state index in [1.165, 1.54) is 19.3 Å². The number of para-hydroxylation sites is 2. The highest BCUT2D eigenvalue weighted by Crippen LogP contribution is 2.64. The molecule has 4 bridgehead atoms. The average Bonchev–Trinajstić information content (AvgIpc) is 2.47. The number of hydrogen-bond acceptors (Lipinski definition) is 2. The van der Waals surface area contributed by atoms with E-state index in [1.54, 1.807) is 0 Å². The number of nitrogens with one attached hydrogen (secondary N) is 1. The summed E-state index contributed by atoms with van der Waals surface area (Å²) in [7, 11) is 0. The van der Waals surface area contributed by atoms with Gasteiger partial charge >= 0.3 is 0 Å². The number of hydrogen-bond donors (Lipinski definition) is 1. The summed E-state index contributed by atoms with van der Waals surface area (Å²) in [5, 5.41) is 3.18. The molecule has 4 aliphatic rings. The number of benzene rings is 1. The highest BCUT2D eigenvalue weighted by atomic mass is 79.9. The van der Waals surface area contributed by atoms with Crippen LogP contribution in [0.3, 0.4) is 0 Å². The number of anilines is 1. The standard InChI is InChI=1S/C19H24BrNO2/c1-2-23-16-6-4-3-5-15(16)21-17(22)18-8-13-7-14(9-18)11-19(20,10-13)12-18/h3-6,13-14H,2,7-12H2,1H3,(H,21,22)/t13-,14-,18?,19?/m1/s1. The van der Waals surface area contributed by atoms with E-state index in [1.807, 2.05) is 31.2 Å². The van der Waals surface area contributed by atoms with Crippen molar-refractivity contribution < 1.29 is 9.53 Å². The molecule has 1 aromatic carbocycles. The molecule has 4 fully saturated rings. The van der Waals surface area contributed by atoms with Crippen LogP contribution >= 0.6 is 15.9 Å². The zero-order valence-corrected chi connectivity index (χ0v) is 15.2. The van der Waals surface area contributed by atoms with Crippen molar-refractivity contribution in [3.63, 3.8) is 0 Å². The van der Waals surface area contributed by atoms with Crippen LogP contribution in [0.4, 0.5) is 5.69 Å². The molecule has 1 N–H and O–H groups in total. The van der Waals surface area contributed by atoms with Crippen LogP contribution in [0.15, 0.2) is 24.3 Å². The van der Waals surface area contributed by atoms with Gasteiger partial charge in [-0.25, -0.2) is 0 Å². The van der Waals surface area contributed by atoms with Gasteiger partial charge in [-0.2, -0.15) is 0 Å². The van der Waals surface area contributed by atoms with E-state index in [9.17, 15) is 4.79 Å². The van der Waals surface area contributed by atoms with Crippen LogP contribution in [0, 0.1) is 17.3 Å². The molecular weight excluding hydrogens is 354 g/mol. The van der Waals surface area contributed by atoms with Crippen LogP contribution in [0.1, 0.15) is 45.4 Å². The van der Waals surface area contributed by atoms with Crippen molar-refractivity contribution >= 4 is 27.5 Å². The molecule has 4 aliphatic carbocycles. The number of halogens is 1. The van der Waals surface area contributed by atoms with Gasteiger partial charge in [0.1, 0.15) is 5.75 Å². The van der Waals surface area contributed by atoms with Crippen molar-refractivity contribution in [3.05, 3.63) is 24.3 Å². The summed E-state index contributed by atoms with van der Waals surface area (Å²) < 4.78 is 5.85. The molecule has 0 radical (unpaired) electrons. The Labute approximate surface area is 146 Å². The minimum absolute atomic E-state index is 0.188. The lowest BCUT2D eigenvalue weighted by molar-refractivity contribution is -0.138. The SMILES string of the molecule is CCOc1ccccc1NC(=O)C12C[C@H]3C[C@@H](CC(Br)(C3)C1)C2. The zero-order valence-electron chi connectivity index (χ0n) is 13.6. The summed E-state index contributed by atoms with van der Waals surface area (Å²) in [5.74, 6) is 2.39. The lowest BCUT2D eigenvalue weighted by Gasteiger charge is -2.59. The molecule has 4 heteroatoms. The van der Waals surface area contributed by atoms with E-state index < -0.39 is 0 Å². The highest BCUT2D eigenvalue weighted by Gasteiger charge is 2.59. The molecule has 0 spiro atoms. The van der Waals surface area contributed by atoms with Gasteiger partial charge in [-0.15, -0.1) is 0 Å². The van der Waals surface area contributed by atoms with Gasteiger partial charge in [-0.3, -0.25) is 4.79 Å². The first-order chi connectivity index (χ1) is 11.0. The first kappa shape index (κ1) is 15.5. The summed E-state index contributed by atoms with van der Waals surface area (Å²) >= 11 is 3.98. The second-order valence-corrected chi connectivity index (χ2v) is 9.46. The molecular formula is C19H24BrNO2. The zero-order chi connectivity index (χ0) is 16.1. The largest absolute Gasteiger partial charge is 0.492 e. The van der Waals surface area contributed by atoms with Gasteiger partial charge in [0.2, 0.25) is 5.91 Å². The molecule has 5 rings (SSSR count). The van der Waals surface area contributed by atoms with Crippen LogP contribution in [-0.4, -0.2) is 16.8 Å². The Hall–Kier alpha value is -1.03. The molecule has 3 nitrogen and oxygen atoms in total.